The van der Waals surface area contributed by atoms with Gasteiger partial charge in [-0.25, -0.2) is 0 Å². The predicted octanol–water partition coefficient (Wildman–Crippen LogP) is 5.43. The summed E-state index contributed by atoms with van der Waals surface area (Å²) in [7, 11) is 0. The SMILES string of the molecule is CCCCCCCCCCCCC.[H+]. The smallest absolute Gasteiger partial charge is 0.0654 e. The summed E-state index contributed by atoms with van der Waals surface area (Å²) in [6, 6.07) is 0. The molecule has 0 saturated heterocycles. The highest BCUT2D eigenvalue weighted by atomic mass is 14.0. The molecule has 0 unspecified atom stereocenters. The Bertz CT molecular complexity index is 71.3. The lowest BCUT2D eigenvalue weighted by Crippen LogP contribution is -1.80. The summed E-state index contributed by atoms with van der Waals surface area (Å²) >= 11 is 0. The topological polar surface area (TPSA) is 0 Å². The number of hydrogen-bond acceptors (Lipinski definition) is 0. The third-order valence-electron chi connectivity index (χ3n) is 2.71. The van der Waals surface area contributed by atoms with Crippen LogP contribution in [0.1, 0.15) is 85.9 Å². The zero-order chi connectivity index (χ0) is 9.78. The lowest BCUT2D eigenvalue weighted by atomic mass is 10.1. The predicted molar refractivity (Wildman–Crippen MR) is 63.2 cm³/mol. The van der Waals surface area contributed by atoms with Crippen LogP contribution in [0.15, 0.2) is 0 Å². The van der Waals surface area contributed by atoms with Crippen molar-refractivity contribution in [3.05, 3.63) is 0 Å². The summed E-state index contributed by atoms with van der Waals surface area (Å²) in [5.74, 6) is 0. The van der Waals surface area contributed by atoms with E-state index >= 15 is 0 Å². The van der Waals surface area contributed by atoms with Gasteiger partial charge in [0.15, 0.2) is 0 Å². The molecule has 0 bridgehead atoms. The summed E-state index contributed by atoms with van der Waals surface area (Å²) in [5, 5.41) is 0. The largest absolute Gasteiger partial charge is 1.00 e. The van der Waals surface area contributed by atoms with Crippen LogP contribution in [0, 0.1) is 0 Å². The van der Waals surface area contributed by atoms with Gasteiger partial charge in [-0.15, -0.1) is 0 Å². The van der Waals surface area contributed by atoms with Gasteiger partial charge >= 0.3 is 1.43 Å². The van der Waals surface area contributed by atoms with Gasteiger partial charge in [-0.3, -0.25) is 0 Å². The molecule has 0 aromatic rings. The Kier molecular flexibility index (Phi) is 12.0. The second kappa shape index (κ2) is 12.0. The van der Waals surface area contributed by atoms with Crippen molar-refractivity contribution in [2.24, 2.45) is 0 Å². The highest BCUT2D eigenvalue weighted by Gasteiger charge is 1.90. The number of unbranched alkanes of at least 4 members (excludes halogenated alkanes) is 10. The fraction of sp³-hybridized carbons (Fsp3) is 1.00. The van der Waals surface area contributed by atoms with E-state index in [0.29, 0.717) is 0 Å². The van der Waals surface area contributed by atoms with Crippen LogP contribution >= 0.6 is 0 Å². The van der Waals surface area contributed by atoms with Gasteiger partial charge < -0.3 is 0 Å². The van der Waals surface area contributed by atoms with Crippen molar-refractivity contribution in [1.82, 2.24) is 0 Å². The monoisotopic (exact) mass is 185 g/mol. The van der Waals surface area contributed by atoms with Crippen molar-refractivity contribution in [3.63, 3.8) is 0 Å². The fourth-order valence-corrected chi connectivity index (χ4v) is 1.74. The van der Waals surface area contributed by atoms with Crippen molar-refractivity contribution >= 4 is 0 Å². The first-order valence-corrected chi connectivity index (χ1v) is 6.41. The van der Waals surface area contributed by atoms with Crippen LogP contribution < -0.4 is 0 Å². The minimum atomic E-state index is 0. The van der Waals surface area contributed by atoms with E-state index in [-0.39, 0.29) is 1.43 Å². The quantitative estimate of drug-likeness (QED) is 0.398. The zero-order valence-electron chi connectivity index (χ0n) is 10.8. The molecule has 0 N–H and O–H groups in total. The summed E-state index contributed by atoms with van der Waals surface area (Å²) in [5.41, 5.74) is 0. The minimum absolute atomic E-state index is 0. The molecule has 0 heteroatoms. The van der Waals surface area contributed by atoms with Crippen molar-refractivity contribution in [2.45, 2.75) is 84.5 Å². The van der Waals surface area contributed by atoms with Gasteiger partial charge in [-0.05, 0) is 0 Å². The zero-order valence-corrected chi connectivity index (χ0v) is 9.78. The van der Waals surface area contributed by atoms with Gasteiger partial charge in [0.2, 0.25) is 0 Å². The molecule has 0 heterocycles. The Labute approximate surface area is 86.6 Å². The van der Waals surface area contributed by atoms with Crippen LogP contribution in [-0.2, 0) is 0 Å². The second-order valence-corrected chi connectivity index (χ2v) is 4.18. The Morgan fingerprint density at radius 3 is 0.923 bits per heavy atom. The van der Waals surface area contributed by atoms with Crippen LogP contribution in [0.25, 0.3) is 0 Å². The maximum atomic E-state index is 2.28. The van der Waals surface area contributed by atoms with E-state index in [2.05, 4.69) is 13.8 Å². The fourth-order valence-electron chi connectivity index (χ4n) is 1.74. The Balaban J connectivity index is 0. The van der Waals surface area contributed by atoms with Gasteiger partial charge in [0.05, 0.1) is 0 Å². The third kappa shape index (κ3) is 12.0. The minimum Gasteiger partial charge on any atom is -0.0654 e. The molecule has 0 fully saturated rings. The van der Waals surface area contributed by atoms with Gasteiger partial charge in [0.1, 0.15) is 0 Å². The van der Waals surface area contributed by atoms with E-state index in [4.69, 9.17) is 0 Å². The first-order chi connectivity index (χ1) is 6.41. The maximum absolute atomic E-state index is 2.28. The standard InChI is InChI=1S/C13H28/c1-3-5-7-9-11-13-12-10-8-6-4-2/h3-13H2,1-2H3/p+1. The first kappa shape index (κ1) is 13.0. The van der Waals surface area contributed by atoms with Crippen molar-refractivity contribution in [3.8, 4) is 0 Å². The molecule has 13 heavy (non-hydrogen) atoms. The molecule has 0 spiro atoms. The van der Waals surface area contributed by atoms with Gasteiger partial charge in [0.25, 0.3) is 0 Å². The van der Waals surface area contributed by atoms with Crippen LogP contribution in [0.3, 0.4) is 0 Å². The van der Waals surface area contributed by atoms with Crippen LogP contribution in [-0.4, -0.2) is 0 Å². The van der Waals surface area contributed by atoms with Gasteiger partial charge in [0, 0.05) is 0 Å². The summed E-state index contributed by atoms with van der Waals surface area (Å²) in [6.45, 7) is 4.56. The highest BCUT2D eigenvalue weighted by Crippen LogP contribution is 2.10. The lowest BCUT2D eigenvalue weighted by molar-refractivity contribution is 0.554. The molecule has 0 aromatic carbocycles. The number of rotatable bonds is 10. The molecular weight excluding hydrogens is 156 g/mol. The molecular formula is C13H29+. The van der Waals surface area contributed by atoms with E-state index in [9.17, 15) is 0 Å². The molecule has 0 aliphatic heterocycles. The van der Waals surface area contributed by atoms with Crippen LogP contribution in [0.2, 0.25) is 0 Å². The first-order valence-electron chi connectivity index (χ1n) is 6.41. The van der Waals surface area contributed by atoms with E-state index < -0.39 is 0 Å². The Morgan fingerprint density at radius 1 is 0.462 bits per heavy atom. The summed E-state index contributed by atoms with van der Waals surface area (Å²) in [4.78, 5) is 0. The molecule has 0 atom stereocenters. The van der Waals surface area contributed by atoms with Gasteiger partial charge in [-0.1, -0.05) is 84.5 Å². The van der Waals surface area contributed by atoms with E-state index in [0.717, 1.165) is 0 Å². The Morgan fingerprint density at radius 2 is 0.692 bits per heavy atom. The van der Waals surface area contributed by atoms with Crippen LogP contribution in [0.4, 0.5) is 0 Å². The van der Waals surface area contributed by atoms with E-state index in [1.54, 1.807) is 0 Å². The van der Waals surface area contributed by atoms with E-state index in [1.165, 1.54) is 70.6 Å². The average Bonchev–Trinajstić information content (AvgIpc) is 2.16. The normalized spacial score (nSPS) is 10.6. The molecule has 0 amide bonds. The van der Waals surface area contributed by atoms with Crippen molar-refractivity contribution in [1.29, 1.82) is 0 Å². The third-order valence-corrected chi connectivity index (χ3v) is 2.71. The Hall–Kier alpha value is 0. The lowest BCUT2D eigenvalue weighted by Gasteiger charge is -2.00. The summed E-state index contributed by atoms with van der Waals surface area (Å²) < 4.78 is 0. The molecule has 0 radical (unpaired) electrons. The van der Waals surface area contributed by atoms with Gasteiger partial charge in [-0.2, -0.15) is 0 Å². The van der Waals surface area contributed by atoms with Crippen LogP contribution in [0.5, 0.6) is 0 Å². The molecule has 0 aromatic heterocycles. The van der Waals surface area contributed by atoms with Crippen molar-refractivity contribution < 1.29 is 1.43 Å². The molecule has 0 aliphatic carbocycles. The second-order valence-electron chi connectivity index (χ2n) is 4.18. The van der Waals surface area contributed by atoms with E-state index in [1.807, 2.05) is 0 Å². The number of hydrogen-bond donors (Lipinski definition) is 0. The molecule has 0 rings (SSSR count). The van der Waals surface area contributed by atoms with Crippen molar-refractivity contribution in [2.75, 3.05) is 0 Å². The molecule has 0 aliphatic rings. The highest BCUT2D eigenvalue weighted by molar-refractivity contribution is 4.46. The maximum Gasteiger partial charge on any atom is 1.00 e. The molecule has 0 saturated carbocycles. The average molecular weight is 185 g/mol. The summed E-state index contributed by atoms with van der Waals surface area (Å²) in [6.07, 6.45) is 15.9. The molecule has 0 nitrogen and oxygen atoms in total. The molecule has 80 valence electrons.